The molecule has 0 bridgehead atoms. The molecule has 2 aromatic carbocycles. The second-order valence-electron chi connectivity index (χ2n) is 4.40. The Morgan fingerprint density at radius 1 is 1.10 bits per heavy atom. The monoisotopic (exact) mass is 299 g/mol. The number of para-hydroxylation sites is 1. The quantitative estimate of drug-likeness (QED) is 0.786. The molecule has 0 saturated carbocycles. The maximum atomic E-state index is 13.2. The van der Waals surface area contributed by atoms with E-state index in [1.54, 1.807) is 18.2 Å². The molecular weight excluding hydrogens is 289 g/mol. The van der Waals surface area contributed by atoms with Crippen molar-refractivity contribution in [3.8, 4) is 0 Å². The number of hydrogen-bond donors (Lipinski definition) is 1. The van der Waals surface area contributed by atoms with Crippen LogP contribution in [0.5, 0.6) is 0 Å². The van der Waals surface area contributed by atoms with Gasteiger partial charge in [-0.1, -0.05) is 36.0 Å². The van der Waals surface area contributed by atoms with Crippen LogP contribution in [0.1, 0.15) is 10.4 Å². The van der Waals surface area contributed by atoms with Crippen molar-refractivity contribution in [1.82, 2.24) is 4.98 Å². The lowest BCUT2D eigenvalue weighted by molar-refractivity contribution is 0.0692. The Morgan fingerprint density at radius 2 is 1.90 bits per heavy atom. The van der Waals surface area contributed by atoms with E-state index in [1.807, 2.05) is 24.3 Å². The lowest BCUT2D eigenvalue weighted by Crippen LogP contribution is -2.01. The summed E-state index contributed by atoms with van der Waals surface area (Å²) >= 11 is 1.14. The lowest BCUT2D eigenvalue weighted by Gasteiger charge is -2.07. The second-order valence-corrected chi connectivity index (χ2v) is 5.46. The molecule has 0 aliphatic carbocycles. The number of aromatic nitrogens is 1. The van der Waals surface area contributed by atoms with Gasteiger partial charge in [0.2, 0.25) is 0 Å². The van der Waals surface area contributed by atoms with Gasteiger partial charge in [-0.25, -0.2) is 14.2 Å². The zero-order valence-corrected chi connectivity index (χ0v) is 11.6. The number of carbonyl (C=O) groups is 1. The van der Waals surface area contributed by atoms with Crippen molar-refractivity contribution in [3.63, 3.8) is 0 Å². The van der Waals surface area contributed by atoms with Gasteiger partial charge in [-0.05, 0) is 30.3 Å². The number of fused-ring (bicyclic) bond motifs is 1. The number of hydrogen-bond acceptors (Lipinski definition) is 3. The van der Waals surface area contributed by atoms with Crippen molar-refractivity contribution in [2.24, 2.45) is 0 Å². The van der Waals surface area contributed by atoms with Gasteiger partial charge < -0.3 is 5.11 Å². The van der Waals surface area contributed by atoms with Crippen LogP contribution in [-0.2, 0) is 0 Å². The minimum atomic E-state index is -1.05. The smallest absolute Gasteiger partial charge is 0.338 e. The first kappa shape index (κ1) is 13.6. The molecule has 1 heterocycles. The Labute approximate surface area is 124 Å². The van der Waals surface area contributed by atoms with Crippen LogP contribution in [0.4, 0.5) is 4.39 Å². The van der Waals surface area contributed by atoms with E-state index in [1.165, 1.54) is 12.1 Å². The molecule has 0 amide bonds. The van der Waals surface area contributed by atoms with Gasteiger partial charge in [0.25, 0.3) is 0 Å². The Bertz CT molecular complexity index is 835. The highest BCUT2D eigenvalue weighted by Gasteiger charge is 2.14. The predicted octanol–water partition coefficient (Wildman–Crippen LogP) is 4.22. The molecule has 0 atom stereocenters. The largest absolute Gasteiger partial charge is 0.478 e. The van der Waals surface area contributed by atoms with Gasteiger partial charge in [-0.2, -0.15) is 0 Å². The molecule has 0 aliphatic heterocycles. The summed E-state index contributed by atoms with van der Waals surface area (Å²) in [6.45, 7) is 0. The molecule has 0 saturated heterocycles. The summed E-state index contributed by atoms with van der Waals surface area (Å²) in [6, 6.07) is 14.9. The first-order chi connectivity index (χ1) is 10.1. The Morgan fingerprint density at radius 3 is 2.67 bits per heavy atom. The van der Waals surface area contributed by atoms with Crippen LogP contribution in [0.3, 0.4) is 0 Å². The molecule has 0 spiro atoms. The molecule has 0 unspecified atom stereocenters. The molecule has 104 valence electrons. The molecule has 1 N–H and O–H groups in total. The third kappa shape index (κ3) is 2.87. The van der Waals surface area contributed by atoms with Crippen molar-refractivity contribution >= 4 is 28.6 Å². The third-order valence-corrected chi connectivity index (χ3v) is 3.92. The van der Waals surface area contributed by atoms with Crippen LogP contribution in [0.25, 0.3) is 10.9 Å². The maximum absolute atomic E-state index is 13.2. The Balaban J connectivity index is 2.11. The fourth-order valence-corrected chi connectivity index (χ4v) is 2.91. The number of carboxylic acids is 1. The van der Waals surface area contributed by atoms with E-state index in [4.69, 9.17) is 0 Å². The zero-order valence-electron chi connectivity index (χ0n) is 10.8. The average molecular weight is 299 g/mol. The molecule has 0 fully saturated rings. The first-order valence-corrected chi connectivity index (χ1v) is 7.01. The first-order valence-electron chi connectivity index (χ1n) is 6.20. The molecule has 1 aromatic heterocycles. The summed E-state index contributed by atoms with van der Waals surface area (Å²) in [5, 5.41) is 10.4. The van der Waals surface area contributed by atoms with Gasteiger partial charge in [0.15, 0.2) is 0 Å². The zero-order chi connectivity index (χ0) is 14.8. The van der Waals surface area contributed by atoms with Gasteiger partial charge in [0.05, 0.1) is 11.1 Å². The van der Waals surface area contributed by atoms with Crippen LogP contribution in [0.15, 0.2) is 64.5 Å². The summed E-state index contributed by atoms with van der Waals surface area (Å²) in [6.07, 6.45) is 0. The van der Waals surface area contributed by atoms with E-state index >= 15 is 0 Å². The molecule has 3 nitrogen and oxygen atoms in total. The normalized spacial score (nSPS) is 10.7. The Kier molecular flexibility index (Phi) is 3.58. The summed E-state index contributed by atoms with van der Waals surface area (Å²) in [5.41, 5.74) is 0.823. The van der Waals surface area contributed by atoms with E-state index in [2.05, 4.69) is 4.98 Å². The van der Waals surface area contributed by atoms with E-state index in [0.29, 0.717) is 15.4 Å². The fourth-order valence-electron chi connectivity index (χ4n) is 1.97. The van der Waals surface area contributed by atoms with E-state index in [-0.39, 0.29) is 11.4 Å². The molecule has 0 aliphatic rings. The number of pyridine rings is 1. The van der Waals surface area contributed by atoms with Gasteiger partial charge in [-0.3, -0.25) is 0 Å². The van der Waals surface area contributed by atoms with E-state index in [0.717, 1.165) is 17.1 Å². The SMILES string of the molecule is O=C(O)c1cc2ccccc2nc1Sc1cccc(F)c1. The molecular formula is C16H10FNO2S. The number of nitrogens with zero attached hydrogens (tertiary/aromatic N) is 1. The van der Waals surface area contributed by atoms with Crippen molar-refractivity contribution < 1.29 is 14.3 Å². The van der Waals surface area contributed by atoms with Crippen molar-refractivity contribution in [3.05, 3.63) is 66.0 Å². The minimum Gasteiger partial charge on any atom is -0.478 e. The highest BCUT2D eigenvalue weighted by atomic mass is 32.2. The number of halogens is 1. The average Bonchev–Trinajstić information content (AvgIpc) is 2.46. The van der Waals surface area contributed by atoms with Gasteiger partial charge >= 0.3 is 5.97 Å². The minimum absolute atomic E-state index is 0.114. The molecule has 21 heavy (non-hydrogen) atoms. The summed E-state index contributed by atoms with van der Waals surface area (Å²) in [4.78, 5) is 16.4. The number of carboxylic acid groups (broad SMARTS) is 1. The van der Waals surface area contributed by atoms with Crippen molar-refractivity contribution in [2.75, 3.05) is 0 Å². The van der Waals surface area contributed by atoms with Gasteiger partial charge in [0.1, 0.15) is 10.8 Å². The van der Waals surface area contributed by atoms with Crippen LogP contribution in [-0.4, -0.2) is 16.1 Å². The topological polar surface area (TPSA) is 50.2 Å². The highest BCUT2D eigenvalue weighted by molar-refractivity contribution is 7.99. The third-order valence-electron chi connectivity index (χ3n) is 2.93. The van der Waals surface area contributed by atoms with Crippen LogP contribution in [0, 0.1) is 5.82 Å². The molecule has 5 heteroatoms. The second kappa shape index (κ2) is 5.54. The summed E-state index contributed by atoms with van der Waals surface area (Å²) < 4.78 is 13.2. The number of aromatic carboxylic acids is 1. The van der Waals surface area contributed by atoms with E-state index < -0.39 is 5.97 Å². The van der Waals surface area contributed by atoms with Crippen molar-refractivity contribution in [2.45, 2.75) is 9.92 Å². The molecule has 3 aromatic rings. The lowest BCUT2D eigenvalue weighted by atomic mass is 10.1. The van der Waals surface area contributed by atoms with E-state index in [9.17, 15) is 14.3 Å². The van der Waals surface area contributed by atoms with Crippen LogP contribution < -0.4 is 0 Å². The van der Waals surface area contributed by atoms with Gasteiger partial charge in [-0.15, -0.1) is 0 Å². The van der Waals surface area contributed by atoms with Crippen LogP contribution >= 0.6 is 11.8 Å². The Hall–Kier alpha value is -2.40. The summed E-state index contributed by atoms with van der Waals surface area (Å²) in [5.74, 6) is -1.41. The van der Waals surface area contributed by atoms with Gasteiger partial charge in [0, 0.05) is 10.3 Å². The van der Waals surface area contributed by atoms with Crippen LogP contribution in [0.2, 0.25) is 0 Å². The number of benzene rings is 2. The highest BCUT2D eigenvalue weighted by Crippen LogP contribution is 2.31. The number of rotatable bonds is 3. The standard InChI is InChI=1S/C16H10FNO2S/c17-11-5-3-6-12(9-11)21-15-13(16(19)20)8-10-4-1-2-7-14(10)18-15/h1-9H,(H,19,20). The predicted molar refractivity (Wildman–Crippen MR) is 79.2 cm³/mol. The molecule has 0 radical (unpaired) electrons. The maximum Gasteiger partial charge on any atom is 0.338 e. The van der Waals surface area contributed by atoms with Crippen molar-refractivity contribution in [1.29, 1.82) is 0 Å². The fraction of sp³-hybridized carbons (Fsp3) is 0. The summed E-state index contributed by atoms with van der Waals surface area (Å²) in [7, 11) is 0. The molecule has 3 rings (SSSR count).